The minimum Gasteiger partial charge on any atom is -0.790 e. The maximum absolute atomic E-state index is 12.1. The predicted molar refractivity (Wildman–Crippen MR) is 94.9 cm³/mol. The van der Waals surface area contributed by atoms with Crippen molar-refractivity contribution in [3.63, 3.8) is 0 Å². The number of aliphatic hydroxyl groups is 1. The number of aromatic nitrogens is 2. The van der Waals surface area contributed by atoms with Gasteiger partial charge in [-0.05, 0) is 0 Å². The first kappa shape index (κ1) is 45.7. The van der Waals surface area contributed by atoms with E-state index in [0.717, 1.165) is 10.8 Å². The van der Waals surface area contributed by atoms with Gasteiger partial charge in [0.2, 0.25) is 0 Å². The summed E-state index contributed by atoms with van der Waals surface area (Å²) in [6.07, 6.45) is -0.403. The molecular weight excluding hydrogens is 659 g/mol. The maximum Gasteiger partial charge on any atom is 1.00 e. The molecule has 1 aliphatic heterocycles. The van der Waals surface area contributed by atoms with E-state index in [4.69, 9.17) is 10.5 Å². The van der Waals surface area contributed by atoms with Gasteiger partial charge < -0.3 is 44.2 Å². The zero-order chi connectivity index (χ0) is 24.3. The Balaban J connectivity index is -0.00000272. The molecule has 0 saturated carbocycles. The third-order valence-electron chi connectivity index (χ3n) is 3.74. The number of nitrogens with one attached hydrogen (secondary N) is 1. The molecule has 2 unspecified atom stereocenters. The second-order valence-electron chi connectivity index (χ2n) is 6.12. The van der Waals surface area contributed by atoms with Crippen LogP contribution in [0.15, 0.2) is 21.9 Å². The molecule has 36 heavy (non-hydrogen) atoms. The van der Waals surface area contributed by atoms with Crippen molar-refractivity contribution < 1.29 is 262 Å². The topological polar surface area (TPSA) is 281 Å². The Labute approximate surface area is 374 Å². The van der Waals surface area contributed by atoms with E-state index in [1.807, 2.05) is 4.98 Å². The van der Waals surface area contributed by atoms with E-state index in [1.54, 1.807) is 0 Å². The number of ether oxygens (including phenoxy) is 1. The molecule has 1 aliphatic rings. The van der Waals surface area contributed by atoms with Crippen molar-refractivity contribution in [3.05, 3.63) is 38.7 Å². The van der Waals surface area contributed by atoms with E-state index in [1.165, 1.54) is 12.2 Å². The molecule has 4 N–H and O–H groups in total. The van der Waals surface area contributed by atoms with Crippen LogP contribution in [0.2, 0.25) is 0 Å². The molecule has 1 saturated heterocycles. The van der Waals surface area contributed by atoms with Crippen LogP contribution in [-0.4, -0.2) is 40.0 Å². The first-order valence-electron chi connectivity index (χ1n) is 8.39. The van der Waals surface area contributed by atoms with Crippen molar-refractivity contribution in [2.45, 2.75) is 24.9 Å². The summed E-state index contributed by atoms with van der Waals surface area (Å²) in [7, 11) is -18.1. The first-order chi connectivity index (χ1) is 14.6. The number of phosphoric ester groups is 1. The molecule has 2 heterocycles. The molecule has 0 amide bonds. The minimum absolute atomic E-state index is 0. The number of hydrogen-bond acceptors (Lipinski definition) is 15. The monoisotopic (exact) mass is 675 g/mol. The molecule has 24 heteroatoms. The summed E-state index contributed by atoms with van der Waals surface area (Å²) in [5.41, 5.74) is 3.71. The van der Waals surface area contributed by atoms with Gasteiger partial charge in [0.1, 0.15) is 12.3 Å². The Morgan fingerprint density at radius 1 is 1.11 bits per heavy atom. The normalized spacial score (nSPS) is 22.8. The van der Waals surface area contributed by atoms with Crippen molar-refractivity contribution in [3.8, 4) is 0 Å². The number of H-pyrrole nitrogens is 1. The van der Waals surface area contributed by atoms with Crippen molar-refractivity contribution in [1.29, 1.82) is 0 Å². The van der Waals surface area contributed by atoms with Gasteiger partial charge in [0.25, 0.3) is 21.2 Å². The van der Waals surface area contributed by atoms with Gasteiger partial charge in [-0.25, -0.2) is 9.11 Å². The van der Waals surface area contributed by atoms with Crippen LogP contribution in [0.3, 0.4) is 0 Å². The van der Waals surface area contributed by atoms with Crippen LogP contribution in [0.4, 0.5) is 0 Å². The van der Waals surface area contributed by atoms with E-state index in [9.17, 15) is 48.0 Å². The number of aromatic amines is 1. The Kier molecular flexibility index (Phi) is 25.8. The predicted octanol–water partition coefficient (Wildman–Crippen LogP) is -16.0. The van der Waals surface area contributed by atoms with E-state index < -0.39 is 59.8 Å². The Morgan fingerprint density at radius 3 is 2.22 bits per heavy atom. The van der Waals surface area contributed by atoms with Gasteiger partial charge in [0.05, 0.1) is 26.1 Å². The zero-order valence-corrected chi connectivity index (χ0v) is 34.9. The summed E-state index contributed by atoms with van der Waals surface area (Å²) in [4.78, 5) is 69.2. The minimum atomic E-state index is -6.13. The van der Waals surface area contributed by atoms with Gasteiger partial charge in [0.15, 0.2) is 0 Å². The molecule has 1 aromatic rings. The number of rotatable bonds is 10. The molecule has 0 bridgehead atoms. The molecule has 5 atom stereocenters. The van der Waals surface area contributed by atoms with Crippen LogP contribution in [0, 0.1) is 0 Å². The Morgan fingerprint density at radius 2 is 1.69 bits per heavy atom. The third kappa shape index (κ3) is 16.4. The maximum atomic E-state index is 12.1. The number of nitrogens with zero attached hydrogens (tertiary/aromatic N) is 1. The average molecular weight is 676 g/mol. The van der Waals surface area contributed by atoms with Gasteiger partial charge in [-0.15, -0.1) is 0 Å². The van der Waals surface area contributed by atoms with Gasteiger partial charge in [-0.2, -0.15) is 0 Å². The Hall–Kier alpha value is 5.26. The third-order valence-corrected chi connectivity index (χ3v) is 7.41. The first-order valence-corrected chi connectivity index (χ1v) is 12.8. The van der Waals surface area contributed by atoms with Crippen LogP contribution in [-0.2, 0) is 31.6 Å². The van der Waals surface area contributed by atoms with Gasteiger partial charge in [-0.1, -0.05) is 12.2 Å². The number of aliphatic hydroxyl groups excluding tert-OH is 1. The zero-order valence-electron chi connectivity index (χ0n) is 19.7. The molecule has 0 aromatic carbocycles. The van der Waals surface area contributed by atoms with E-state index in [0.29, 0.717) is 0 Å². The van der Waals surface area contributed by atoms with Crippen molar-refractivity contribution in [1.82, 2.24) is 9.55 Å². The number of hydrogen-bond donors (Lipinski definition) is 3. The van der Waals surface area contributed by atoms with Crippen LogP contribution >= 0.6 is 23.5 Å². The summed E-state index contributed by atoms with van der Waals surface area (Å²) < 4.78 is 49.9. The second-order valence-corrected chi connectivity index (χ2v) is 10.4. The molecule has 0 aliphatic carbocycles. The Bertz CT molecular complexity index is 1130. The van der Waals surface area contributed by atoms with Crippen LogP contribution in [0.1, 0.15) is 18.2 Å². The van der Waals surface area contributed by atoms with Gasteiger partial charge in [0, 0.05) is 19.2 Å². The van der Waals surface area contributed by atoms with Crippen molar-refractivity contribution >= 4 is 29.5 Å². The van der Waals surface area contributed by atoms with E-state index >= 15 is 0 Å². The van der Waals surface area contributed by atoms with Crippen LogP contribution in [0.25, 0.3) is 6.08 Å². The molecule has 0 radical (unpaired) electrons. The fraction of sp³-hybridized carbons (Fsp3) is 0.500. The summed E-state index contributed by atoms with van der Waals surface area (Å²) in [5.74, 6) is 0. The summed E-state index contributed by atoms with van der Waals surface area (Å²) in [5, 5.41) is 10.0. The average Bonchev–Trinajstić information content (AvgIpc) is 2.97. The SMILES string of the molecule is NCC=Cc1cn([C@H]2C[C@H](O)[C@@H](COP(=O)([O-])OP(=O)([O-])OP(=O)([O-])[O-])O2)c(=O)[nH]c1=O.[K+].[K+].[K+].[K+]. The summed E-state index contributed by atoms with van der Waals surface area (Å²) in [6.45, 7) is -0.917. The molecule has 0 spiro atoms. The molecule has 1 fully saturated rings. The van der Waals surface area contributed by atoms with Crippen molar-refractivity contribution in [2.24, 2.45) is 5.73 Å². The quantitative estimate of drug-likeness (QED) is 0.153. The summed E-state index contributed by atoms with van der Waals surface area (Å²) in [6, 6.07) is 0. The van der Waals surface area contributed by atoms with E-state index in [2.05, 4.69) is 13.1 Å². The van der Waals surface area contributed by atoms with Gasteiger partial charge in [-0.3, -0.25) is 27.8 Å². The molecular formula is C12H16K4N3O14P3. The molecule has 2 rings (SSSR count). The standard InChI is InChI=1S/C12H20N3O14P3.4K/c13-3-1-2-7-5-15(12(18)14-11(7)17)10-4-8(16)9(27-10)6-26-31(22,23)29-32(24,25)28-30(19,20)21;;;;/h1-2,5,8-10,16H,3-4,6,13H2,(H,22,23)(H,24,25)(H,14,17,18)(H2,19,20,21);;;;/q;4*+1/p-4/t8-,9+,10+;;;;/m0..../s1. The largest absolute Gasteiger partial charge is 1.00 e. The molecule has 182 valence electrons. The van der Waals surface area contributed by atoms with Gasteiger partial charge >= 0.3 is 211 Å². The van der Waals surface area contributed by atoms with Crippen LogP contribution < -0.4 is 242 Å². The molecule has 1 aromatic heterocycles. The fourth-order valence-corrected chi connectivity index (χ4v) is 5.38. The number of nitrogens with two attached hydrogens (primary N) is 1. The van der Waals surface area contributed by atoms with Crippen molar-refractivity contribution in [2.75, 3.05) is 13.2 Å². The molecule has 17 nitrogen and oxygen atoms in total. The van der Waals surface area contributed by atoms with Crippen LogP contribution in [0.5, 0.6) is 0 Å². The van der Waals surface area contributed by atoms with E-state index in [-0.39, 0.29) is 224 Å². The fourth-order valence-electron chi connectivity index (χ4n) is 2.51. The summed E-state index contributed by atoms with van der Waals surface area (Å²) >= 11 is 0. The second kappa shape index (κ2) is 20.3. The number of phosphoric acid groups is 3. The smallest absolute Gasteiger partial charge is 0.790 e.